The molecule has 0 bridgehead atoms. The highest BCUT2D eigenvalue weighted by molar-refractivity contribution is 5.77. The molecule has 0 amide bonds. The highest BCUT2D eigenvalue weighted by Gasteiger charge is 2.19. The Kier molecular flexibility index (Phi) is 5.08. The molecule has 0 saturated heterocycles. The summed E-state index contributed by atoms with van der Waals surface area (Å²) in [5.41, 5.74) is 5.93. The highest BCUT2D eigenvalue weighted by atomic mass is 16.5. The second kappa shape index (κ2) is 7.43. The number of H-pyrrole nitrogens is 1. The fourth-order valence-electron chi connectivity index (χ4n) is 3.08. The monoisotopic (exact) mass is 336 g/mol. The van der Waals surface area contributed by atoms with Gasteiger partial charge in [0.2, 0.25) is 0 Å². The molecule has 130 valence electrons. The number of aromatic amines is 1. The lowest BCUT2D eigenvalue weighted by atomic mass is 9.99. The summed E-state index contributed by atoms with van der Waals surface area (Å²) in [6.07, 6.45) is 4.98. The van der Waals surface area contributed by atoms with Gasteiger partial charge in [-0.1, -0.05) is 31.2 Å². The molecule has 0 aliphatic rings. The van der Waals surface area contributed by atoms with Crippen LogP contribution in [0.1, 0.15) is 29.2 Å². The molecular formula is C21H24N2O2. The Hall–Kier alpha value is -2.75. The molecule has 0 saturated carbocycles. The summed E-state index contributed by atoms with van der Waals surface area (Å²) in [4.78, 5) is 7.16. The third kappa shape index (κ3) is 3.53. The summed E-state index contributed by atoms with van der Waals surface area (Å²) in [5.74, 6) is 0.982. The van der Waals surface area contributed by atoms with E-state index >= 15 is 0 Å². The van der Waals surface area contributed by atoms with E-state index in [0.29, 0.717) is 12.2 Å². The lowest BCUT2D eigenvalue weighted by Gasteiger charge is -2.18. The smallest absolute Gasteiger partial charge is 0.135 e. The third-order valence-corrected chi connectivity index (χ3v) is 4.55. The van der Waals surface area contributed by atoms with E-state index in [1.807, 2.05) is 25.1 Å². The van der Waals surface area contributed by atoms with Gasteiger partial charge in [0.15, 0.2) is 0 Å². The second-order valence-electron chi connectivity index (χ2n) is 6.25. The number of hydrogen-bond donors (Lipinski definition) is 2. The molecule has 0 fully saturated rings. The van der Waals surface area contributed by atoms with Crippen LogP contribution in [-0.2, 0) is 12.8 Å². The van der Waals surface area contributed by atoms with Gasteiger partial charge in [0.05, 0.1) is 30.4 Å². The predicted octanol–water partition coefficient (Wildman–Crippen LogP) is 4.58. The molecule has 4 heteroatoms. The normalized spacial score (nSPS) is 10.8. The lowest BCUT2D eigenvalue weighted by molar-refractivity contribution is 0.318. The minimum Gasteiger partial charge on any atom is -0.507 e. The van der Waals surface area contributed by atoms with Gasteiger partial charge in [-0.15, -0.1) is 0 Å². The van der Waals surface area contributed by atoms with E-state index in [1.54, 1.807) is 12.5 Å². The van der Waals surface area contributed by atoms with Crippen LogP contribution in [0.3, 0.4) is 0 Å². The van der Waals surface area contributed by atoms with Crippen LogP contribution in [-0.4, -0.2) is 21.7 Å². The van der Waals surface area contributed by atoms with Gasteiger partial charge < -0.3 is 14.8 Å². The second-order valence-corrected chi connectivity index (χ2v) is 6.25. The Morgan fingerprint density at radius 2 is 1.92 bits per heavy atom. The van der Waals surface area contributed by atoms with E-state index in [4.69, 9.17) is 4.74 Å². The maximum absolute atomic E-state index is 10.6. The molecule has 3 rings (SSSR count). The van der Waals surface area contributed by atoms with Gasteiger partial charge in [-0.05, 0) is 48.6 Å². The molecule has 2 N–H and O–H groups in total. The molecule has 0 radical (unpaired) electrons. The summed E-state index contributed by atoms with van der Waals surface area (Å²) in [6.45, 7) is 6.67. The van der Waals surface area contributed by atoms with Crippen molar-refractivity contribution in [3.05, 3.63) is 65.1 Å². The summed E-state index contributed by atoms with van der Waals surface area (Å²) >= 11 is 0. The Labute approximate surface area is 148 Å². The van der Waals surface area contributed by atoms with Crippen molar-refractivity contribution in [1.29, 1.82) is 0 Å². The van der Waals surface area contributed by atoms with Crippen molar-refractivity contribution in [1.82, 2.24) is 9.97 Å². The van der Waals surface area contributed by atoms with Crippen LogP contribution in [0.4, 0.5) is 0 Å². The molecule has 4 nitrogen and oxygen atoms in total. The Balaban J connectivity index is 1.92. The van der Waals surface area contributed by atoms with E-state index in [9.17, 15) is 5.11 Å². The zero-order valence-electron chi connectivity index (χ0n) is 15.0. The zero-order chi connectivity index (χ0) is 17.8. The van der Waals surface area contributed by atoms with Crippen LogP contribution in [0.25, 0.3) is 11.3 Å². The molecule has 25 heavy (non-hydrogen) atoms. The number of phenolic OH excluding ortho intramolecular Hbond substituents is 1. The van der Waals surface area contributed by atoms with Crippen LogP contribution in [0.5, 0.6) is 11.5 Å². The number of hydrogen-bond acceptors (Lipinski definition) is 3. The number of nitrogens with one attached hydrogen (secondary N) is 1. The average Bonchev–Trinajstić information content (AvgIpc) is 3.13. The SMILES string of the molecule is CCc1cc(C)c(O)c(-c2cnc[nH]2)c1OCCc1ccccc1C. The number of aromatic nitrogens is 2. The van der Waals surface area contributed by atoms with E-state index < -0.39 is 0 Å². The summed E-state index contributed by atoms with van der Waals surface area (Å²) in [6, 6.07) is 10.3. The number of rotatable bonds is 6. The van der Waals surface area contributed by atoms with Crippen LogP contribution < -0.4 is 4.74 Å². The molecule has 1 aromatic heterocycles. The van der Waals surface area contributed by atoms with Crippen molar-refractivity contribution >= 4 is 0 Å². The highest BCUT2D eigenvalue weighted by Crippen LogP contribution is 2.42. The molecule has 3 aromatic rings. The Bertz CT molecular complexity index is 855. The summed E-state index contributed by atoms with van der Waals surface area (Å²) < 4.78 is 6.17. The van der Waals surface area contributed by atoms with Crippen LogP contribution >= 0.6 is 0 Å². The van der Waals surface area contributed by atoms with Gasteiger partial charge in [0, 0.05) is 6.42 Å². The largest absolute Gasteiger partial charge is 0.507 e. The average molecular weight is 336 g/mol. The number of benzene rings is 2. The maximum Gasteiger partial charge on any atom is 0.135 e. The number of aryl methyl sites for hydroxylation is 3. The van der Waals surface area contributed by atoms with E-state index in [1.165, 1.54) is 11.1 Å². The van der Waals surface area contributed by atoms with E-state index in [0.717, 1.165) is 35.4 Å². The molecule has 2 aromatic carbocycles. The molecule has 1 heterocycles. The first-order valence-electron chi connectivity index (χ1n) is 8.63. The van der Waals surface area contributed by atoms with Gasteiger partial charge in [0.25, 0.3) is 0 Å². The number of aromatic hydroxyl groups is 1. The van der Waals surface area contributed by atoms with Gasteiger partial charge in [-0.2, -0.15) is 0 Å². The minimum absolute atomic E-state index is 0.243. The maximum atomic E-state index is 10.6. The van der Waals surface area contributed by atoms with Crippen molar-refractivity contribution in [2.24, 2.45) is 0 Å². The Morgan fingerprint density at radius 1 is 1.12 bits per heavy atom. The van der Waals surface area contributed by atoms with Gasteiger partial charge in [-0.25, -0.2) is 4.98 Å². The van der Waals surface area contributed by atoms with Crippen molar-refractivity contribution in [3.63, 3.8) is 0 Å². The van der Waals surface area contributed by atoms with E-state index in [2.05, 4.69) is 35.9 Å². The molecular weight excluding hydrogens is 312 g/mol. The van der Waals surface area contributed by atoms with Gasteiger partial charge >= 0.3 is 0 Å². The quantitative estimate of drug-likeness (QED) is 0.692. The minimum atomic E-state index is 0.243. The van der Waals surface area contributed by atoms with Gasteiger partial charge in [0.1, 0.15) is 11.5 Å². The van der Waals surface area contributed by atoms with Crippen molar-refractivity contribution < 1.29 is 9.84 Å². The zero-order valence-corrected chi connectivity index (χ0v) is 15.0. The molecule has 0 spiro atoms. The third-order valence-electron chi connectivity index (χ3n) is 4.55. The fourth-order valence-corrected chi connectivity index (χ4v) is 3.08. The van der Waals surface area contributed by atoms with Crippen LogP contribution in [0.15, 0.2) is 42.9 Å². The van der Waals surface area contributed by atoms with Crippen molar-refractivity contribution in [2.75, 3.05) is 6.61 Å². The topological polar surface area (TPSA) is 58.1 Å². The molecule has 0 unspecified atom stereocenters. The number of ether oxygens (including phenoxy) is 1. The van der Waals surface area contributed by atoms with Crippen LogP contribution in [0, 0.1) is 13.8 Å². The van der Waals surface area contributed by atoms with Gasteiger partial charge in [-0.3, -0.25) is 0 Å². The first-order chi connectivity index (χ1) is 12.1. The summed E-state index contributed by atoms with van der Waals surface area (Å²) in [7, 11) is 0. The first-order valence-corrected chi connectivity index (χ1v) is 8.63. The van der Waals surface area contributed by atoms with Crippen LogP contribution in [0.2, 0.25) is 0 Å². The van der Waals surface area contributed by atoms with Crippen molar-refractivity contribution in [2.45, 2.75) is 33.6 Å². The number of phenols is 1. The number of nitrogens with zero attached hydrogens (tertiary/aromatic N) is 1. The molecule has 0 aliphatic carbocycles. The predicted molar refractivity (Wildman–Crippen MR) is 100 cm³/mol. The first kappa shape index (κ1) is 17.1. The lowest BCUT2D eigenvalue weighted by Crippen LogP contribution is -2.06. The fraction of sp³-hybridized carbons (Fsp3) is 0.286. The standard InChI is InChI=1S/C21H24N2O2/c1-4-16-11-15(3)20(24)19(18-12-22-13-23-18)21(16)25-10-9-17-8-6-5-7-14(17)2/h5-8,11-13,24H,4,9-10H2,1-3H3,(H,22,23). The molecule has 0 aliphatic heterocycles. The Morgan fingerprint density at radius 3 is 2.60 bits per heavy atom. The molecule has 0 atom stereocenters. The van der Waals surface area contributed by atoms with E-state index in [-0.39, 0.29) is 5.75 Å². The summed E-state index contributed by atoms with van der Waals surface area (Å²) in [5, 5.41) is 10.6. The van der Waals surface area contributed by atoms with Crippen molar-refractivity contribution in [3.8, 4) is 22.8 Å². The number of imidazole rings is 1.